The molecular formula is C11H10N2O2. The number of para-hydroxylation sites is 2. The van der Waals surface area contributed by atoms with E-state index in [0.717, 1.165) is 11.0 Å². The number of nitrogens with zero attached hydrogens (tertiary/aromatic N) is 2. The molecule has 1 aromatic carbocycles. The number of rotatable bonds is 1. The third-order valence-corrected chi connectivity index (χ3v) is 1.54. The minimum atomic E-state index is -0.426. The van der Waals surface area contributed by atoms with Gasteiger partial charge in [-0.25, -0.2) is 0 Å². The first-order chi connectivity index (χ1) is 7.24. The molecule has 1 heterocycles. The van der Waals surface area contributed by atoms with Crippen molar-refractivity contribution in [3.8, 4) is 0 Å². The fourth-order valence-corrected chi connectivity index (χ4v) is 0.910. The van der Waals surface area contributed by atoms with Crippen molar-refractivity contribution in [3.63, 3.8) is 0 Å². The summed E-state index contributed by atoms with van der Waals surface area (Å²) < 4.78 is 0. The zero-order valence-electron chi connectivity index (χ0n) is 8.25. The van der Waals surface area contributed by atoms with Crippen molar-refractivity contribution in [1.82, 2.24) is 9.97 Å². The van der Waals surface area contributed by atoms with E-state index < -0.39 is 5.78 Å². The molecule has 0 saturated carbocycles. The minimum Gasteiger partial charge on any atom is -0.295 e. The van der Waals surface area contributed by atoms with Crippen molar-refractivity contribution in [2.45, 2.75) is 6.92 Å². The molecule has 0 spiro atoms. The van der Waals surface area contributed by atoms with Crippen LogP contribution in [0.25, 0.3) is 11.0 Å². The fraction of sp³-hybridized carbons (Fsp3) is 0.0909. The summed E-state index contributed by atoms with van der Waals surface area (Å²) in [6, 6.07) is 7.80. The lowest BCUT2D eigenvalue weighted by Gasteiger charge is -1.90. The second-order valence-corrected chi connectivity index (χ2v) is 2.77. The van der Waals surface area contributed by atoms with Crippen LogP contribution in [0.1, 0.15) is 6.92 Å². The van der Waals surface area contributed by atoms with Crippen molar-refractivity contribution in [3.05, 3.63) is 36.7 Å². The van der Waals surface area contributed by atoms with Crippen molar-refractivity contribution in [2.24, 2.45) is 0 Å². The van der Waals surface area contributed by atoms with Crippen LogP contribution in [0.2, 0.25) is 0 Å². The highest BCUT2D eigenvalue weighted by atomic mass is 16.2. The zero-order chi connectivity index (χ0) is 11.1. The van der Waals surface area contributed by atoms with E-state index >= 15 is 0 Å². The average Bonchev–Trinajstić information content (AvgIpc) is 2.30. The van der Waals surface area contributed by atoms with E-state index in [4.69, 9.17) is 4.79 Å². The van der Waals surface area contributed by atoms with Gasteiger partial charge in [-0.15, -0.1) is 0 Å². The highest BCUT2D eigenvalue weighted by Crippen LogP contribution is 2.04. The molecule has 0 N–H and O–H groups in total. The van der Waals surface area contributed by atoms with Gasteiger partial charge in [-0.1, -0.05) is 12.1 Å². The molecule has 76 valence electrons. The molecule has 15 heavy (non-hydrogen) atoms. The maximum absolute atomic E-state index is 9.44. The highest BCUT2D eigenvalue weighted by molar-refractivity contribution is 6.23. The van der Waals surface area contributed by atoms with Crippen molar-refractivity contribution in [2.75, 3.05) is 0 Å². The monoisotopic (exact) mass is 202 g/mol. The van der Waals surface area contributed by atoms with E-state index in [9.17, 15) is 4.79 Å². The predicted molar refractivity (Wildman–Crippen MR) is 56.3 cm³/mol. The molecule has 0 atom stereocenters. The number of fused-ring (bicyclic) bond motifs is 1. The van der Waals surface area contributed by atoms with Crippen LogP contribution in [0, 0.1) is 0 Å². The number of ketones is 1. The lowest BCUT2D eigenvalue weighted by atomic mass is 10.3. The summed E-state index contributed by atoms with van der Waals surface area (Å²) in [6.07, 6.45) is 3.67. The Kier molecular flexibility index (Phi) is 4.09. The van der Waals surface area contributed by atoms with Crippen molar-refractivity contribution >= 4 is 23.1 Å². The molecule has 0 amide bonds. The van der Waals surface area contributed by atoms with E-state index in [2.05, 4.69) is 9.97 Å². The SMILES string of the molecule is CC(=O)C=O.c1ccc2nccnc2c1. The Hall–Kier alpha value is -2.10. The van der Waals surface area contributed by atoms with Gasteiger partial charge in [0.25, 0.3) is 0 Å². The maximum Gasteiger partial charge on any atom is 0.192 e. The van der Waals surface area contributed by atoms with Gasteiger partial charge < -0.3 is 0 Å². The van der Waals surface area contributed by atoms with Crippen molar-refractivity contribution in [1.29, 1.82) is 0 Å². The van der Waals surface area contributed by atoms with Gasteiger partial charge >= 0.3 is 0 Å². The van der Waals surface area contributed by atoms with Gasteiger partial charge in [-0.2, -0.15) is 0 Å². The molecule has 0 aliphatic rings. The Bertz CT molecular complexity index is 403. The molecule has 0 bridgehead atoms. The van der Waals surface area contributed by atoms with E-state index in [-0.39, 0.29) is 6.29 Å². The number of hydrogen-bond donors (Lipinski definition) is 0. The zero-order valence-corrected chi connectivity index (χ0v) is 8.25. The minimum absolute atomic E-state index is 0.278. The van der Waals surface area contributed by atoms with Crippen LogP contribution in [0.3, 0.4) is 0 Å². The summed E-state index contributed by atoms with van der Waals surface area (Å²) in [6.45, 7) is 1.22. The molecule has 2 rings (SSSR count). The first-order valence-electron chi connectivity index (χ1n) is 4.35. The standard InChI is InChI=1S/C8H6N2.C3H4O2/c1-2-4-8-7(3-1)9-5-6-10-8;1-3(5)2-4/h1-6H;2H,1H3. The van der Waals surface area contributed by atoms with Crippen LogP contribution in [-0.2, 0) is 9.59 Å². The molecule has 0 unspecified atom stereocenters. The molecule has 0 aliphatic carbocycles. The number of carbonyl (C=O) groups excluding carboxylic acids is 2. The van der Waals surface area contributed by atoms with E-state index in [0.29, 0.717) is 0 Å². The maximum atomic E-state index is 9.44. The summed E-state index contributed by atoms with van der Waals surface area (Å²) in [7, 11) is 0. The van der Waals surface area contributed by atoms with E-state index in [1.165, 1.54) is 6.92 Å². The van der Waals surface area contributed by atoms with Gasteiger partial charge in [-0.05, 0) is 12.1 Å². The summed E-state index contributed by atoms with van der Waals surface area (Å²) >= 11 is 0. The first kappa shape index (κ1) is 11.0. The van der Waals surface area contributed by atoms with Gasteiger partial charge in [0.05, 0.1) is 11.0 Å². The lowest BCUT2D eigenvalue weighted by Crippen LogP contribution is -1.85. The van der Waals surface area contributed by atoms with Gasteiger partial charge in [0.1, 0.15) is 0 Å². The highest BCUT2D eigenvalue weighted by Gasteiger charge is 1.88. The number of Topliss-reactive ketones (excluding diaryl/α,β-unsaturated/α-hetero) is 1. The number of carbonyl (C=O) groups is 2. The fourth-order valence-electron chi connectivity index (χ4n) is 0.910. The van der Waals surface area contributed by atoms with Gasteiger partial charge in [-0.3, -0.25) is 19.6 Å². The van der Waals surface area contributed by atoms with E-state index in [1.54, 1.807) is 12.4 Å². The second-order valence-electron chi connectivity index (χ2n) is 2.77. The summed E-state index contributed by atoms with van der Waals surface area (Å²) in [5.41, 5.74) is 1.90. The number of aromatic nitrogens is 2. The van der Waals surface area contributed by atoms with Gasteiger partial charge in [0, 0.05) is 19.3 Å². The molecule has 0 radical (unpaired) electrons. The molecule has 2 aromatic rings. The Morgan fingerprint density at radius 1 is 1.13 bits per heavy atom. The molecule has 4 heteroatoms. The van der Waals surface area contributed by atoms with Crippen LogP contribution in [-0.4, -0.2) is 22.0 Å². The van der Waals surface area contributed by atoms with Gasteiger partial charge in [0.2, 0.25) is 0 Å². The van der Waals surface area contributed by atoms with Crippen LogP contribution in [0.15, 0.2) is 36.7 Å². The lowest BCUT2D eigenvalue weighted by molar-refractivity contribution is -0.128. The predicted octanol–water partition coefficient (Wildman–Crippen LogP) is 1.40. The smallest absolute Gasteiger partial charge is 0.192 e. The molecule has 0 saturated heterocycles. The molecule has 1 aromatic heterocycles. The normalized spacial score (nSPS) is 8.87. The molecular weight excluding hydrogens is 192 g/mol. The van der Waals surface area contributed by atoms with Crippen LogP contribution < -0.4 is 0 Å². The summed E-state index contributed by atoms with van der Waals surface area (Å²) in [4.78, 5) is 26.8. The summed E-state index contributed by atoms with van der Waals surface area (Å²) in [5, 5.41) is 0. The van der Waals surface area contributed by atoms with Crippen LogP contribution in [0.4, 0.5) is 0 Å². The number of hydrogen-bond acceptors (Lipinski definition) is 4. The third-order valence-electron chi connectivity index (χ3n) is 1.54. The third kappa shape index (κ3) is 3.64. The largest absolute Gasteiger partial charge is 0.295 e. The van der Waals surface area contributed by atoms with Crippen LogP contribution >= 0.6 is 0 Å². The Morgan fingerprint density at radius 2 is 1.53 bits per heavy atom. The number of aldehydes is 1. The summed E-state index contributed by atoms with van der Waals surface area (Å²) in [5.74, 6) is -0.426. The second kappa shape index (κ2) is 5.59. The Labute approximate surface area is 87.0 Å². The quantitative estimate of drug-likeness (QED) is 0.518. The molecule has 4 nitrogen and oxygen atoms in total. The average molecular weight is 202 g/mol. The first-order valence-corrected chi connectivity index (χ1v) is 4.35. The van der Waals surface area contributed by atoms with Gasteiger partial charge in [0.15, 0.2) is 12.1 Å². The Balaban J connectivity index is 0.000000195. The van der Waals surface area contributed by atoms with Crippen molar-refractivity contribution < 1.29 is 9.59 Å². The Morgan fingerprint density at radius 3 is 1.87 bits per heavy atom. The number of benzene rings is 1. The molecule has 0 aliphatic heterocycles. The topological polar surface area (TPSA) is 59.9 Å². The van der Waals surface area contributed by atoms with Crippen LogP contribution in [0.5, 0.6) is 0 Å². The molecule has 0 fully saturated rings. The van der Waals surface area contributed by atoms with E-state index in [1.807, 2.05) is 24.3 Å².